The monoisotopic (exact) mass is 307 g/mol. The van der Waals surface area contributed by atoms with Crippen LogP contribution in [-0.2, 0) is 4.74 Å². The molecule has 0 bridgehead atoms. The molecule has 7 heteroatoms. The zero-order valence-electron chi connectivity index (χ0n) is 11.1. The van der Waals surface area contributed by atoms with E-state index in [9.17, 15) is 9.90 Å². The molecule has 0 aliphatic carbocycles. The van der Waals surface area contributed by atoms with Crippen LogP contribution in [0.5, 0.6) is 0 Å². The fourth-order valence-electron chi connectivity index (χ4n) is 3.51. The fraction of sp³-hybridized carbons (Fsp3) is 0.429. The summed E-state index contributed by atoms with van der Waals surface area (Å²) in [6.07, 6.45) is 3.38. The second-order valence-electron chi connectivity index (χ2n) is 5.53. The Kier molecular flexibility index (Phi) is 2.83. The second-order valence-corrected chi connectivity index (χ2v) is 5.94. The zero-order chi connectivity index (χ0) is 14.6. The largest absolute Gasteiger partial charge is 0.465 e. The summed E-state index contributed by atoms with van der Waals surface area (Å²) in [5.41, 5.74) is 0.799. The molecular weight excluding hydrogens is 294 g/mol. The number of nitrogens with zero attached hydrogens (tertiary/aromatic N) is 3. The third-order valence-electron chi connectivity index (χ3n) is 4.45. The zero-order valence-corrected chi connectivity index (χ0v) is 11.9. The summed E-state index contributed by atoms with van der Waals surface area (Å²) in [6, 6.07) is 3.32. The van der Waals surface area contributed by atoms with E-state index in [0.29, 0.717) is 18.2 Å². The van der Waals surface area contributed by atoms with Crippen molar-refractivity contribution in [3.63, 3.8) is 0 Å². The fourth-order valence-corrected chi connectivity index (χ4v) is 3.72. The Morgan fingerprint density at radius 3 is 3.14 bits per heavy atom. The molecule has 0 saturated carbocycles. The number of pyridine rings is 1. The van der Waals surface area contributed by atoms with Gasteiger partial charge in [-0.1, -0.05) is 11.6 Å². The number of likely N-dealkylation sites (tertiary alicyclic amines) is 1. The molecular formula is C14H14ClN3O3. The highest BCUT2D eigenvalue weighted by Gasteiger charge is 2.48. The van der Waals surface area contributed by atoms with Crippen molar-refractivity contribution in [2.45, 2.75) is 18.5 Å². The van der Waals surface area contributed by atoms with E-state index >= 15 is 0 Å². The van der Waals surface area contributed by atoms with E-state index < -0.39 is 6.09 Å². The molecule has 0 radical (unpaired) electrons. The first-order valence-electron chi connectivity index (χ1n) is 6.87. The number of imidazole rings is 1. The molecule has 1 amide bonds. The van der Waals surface area contributed by atoms with Crippen LogP contribution in [0.4, 0.5) is 4.79 Å². The van der Waals surface area contributed by atoms with Crippen molar-refractivity contribution in [1.29, 1.82) is 0 Å². The average Bonchev–Trinajstić information content (AvgIpc) is 3.10. The number of carbonyl (C=O) groups is 1. The van der Waals surface area contributed by atoms with E-state index in [1.807, 2.05) is 16.7 Å². The lowest BCUT2D eigenvalue weighted by atomic mass is 10.0. The molecule has 2 aromatic heterocycles. The van der Waals surface area contributed by atoms with Crippen LogP contribution in [0.3, 0.4) is 0 Å². The molecule has 0 spiro atoms. The van der Waals surface area contributed by atoms with Gasteiger partial charge in [-0.15, -0.1) is 0 Å². The Labute approximate surface area is 125 Å². The SMILES string of the molecule is O=C(O)N1[C@@H]2COC[C@@H]2C[C@H]1c1ncc2c(Cl)cccn12. The summed E-state index contributed by atoms with van der Waals surface area (Å²) in [5, 5.41) is 10.2. The van der Waals surface area contributed by atoms with Crippen LogP contribution in [0.15, 0.2) is 24.5 Å². The quantitative estimate of drug-likeness (QED) is 0.878. The molecule has 2 fully saturated rings. The minimum atomic E-state index is -0.920. The summed E-state index contributed by atoms with van der Waals surface area (Å²) in [7, 11) is 0. The number of rotatable bonds is 1. The Bertz CT molecular complexity index is 717. The Hall–Kier alpha value is -1.79. The van der Waals surface area contributed by atoms with E-state index in [2.05, 4.69) is 4.98 Å². The normalized spacial score (nSPS) is 28.2. The van der Waals surface area contributed by atoms with Crippen molar-refractivity contribution in [3.05, 3.63) is 35.4 Å². The van der Waals surface area contributed by atoms with E-state index in [0.717, 1.165) is 17.8 Å². The summed E-state index contributed by atoms with van der Waals surface area (Å²) in [5.74, 6) is 0.974. The first-order valence-corrected chi connectivity index (χ1v) is 7.25. The van der Waals surface area contributed by atoms with E-state index in [1.165, 1.54) is 4.90 Å². The minimum absolute atomic E-state index is 0.0703. The lowest BCUT2D eigenvalue weighted by molar-refractivity contribution is 0.0979. The molecule has 0 aromatic carbocycles. The van der Waals surface area contributed by atoms with E-state index in [1.54, 1.807) is 12.3 Å². The van der Waals surface area contributed by atoms with Crippen LogP contribution < -0.4 is 0 Å². The average molecular weight is 308 g/mol. The number of amides is 1. The van der Waals surface area contributed by atoms with Crippen molar-refractivity contribution in [2.75, 3.05) is 13.2 Å². The molecule has 1 N–H and O–H groups in total. The molecule has 21 heavy (non-hydrogen) atoms. The van der Waals surface area contributed by atoms with Gasteiger partial charge in [0.25, 0.3) is 0 Å². The van der Waals surface area contributed by atoms with Gasteiger partial charge in [0.1, 0.15) is 5.82 Å². The third kappa shape index (κ3) is 1.82. The Balaban J connectivity index is 1.81. The molecule has 2 aromatic rings. The Morgan fingerprint density at radius 1 is 1.48 bits per heavy atom. The van der Waals surface area contributed by atoms with Gasteiger partial charge in [0, 0.05) is 12.1 Å². The van der Waals surface area contributed by atoms with E-state index in [-0.39, 0.29) is 18.0 Å². The molecule has 110 valence electrons. The van der Waals surface area contributed by atoms with Crippen LogP contribution in [0, 0.1) is 5.92 Å². The van der Waals surface area contributed by atoms with E-state index in [4.69, 9.17) is 16.3 Å². The number of aromatic nitrogens is 2. The lowest BCUT2D eigenvalue weighted by Gasteiger charge is -2.25. The maximum atomic E-state index is 11.7. The van der Waals surface area contributed by atoms with Crippen molar-refractivity contribution < 1.29 is 14.6 Å². The third-order valence-corrected chi connectivity index (χ3v) is 4.77. The number of hydrogen-bond donors (Lipinski definition) is 1. The van der Waals surface area contributed by atoms with Gasteiger partial charge in [-0.25, -0.2) is 9.78 Å². The van der Waals surface area contributed by atoms with Gasteiger partial charge in [0.15, 0.2) is 0 Å². The Morgan fingerprint density at radius 2 is 2.33 bits per heavy atom. The molecule has 2 aliphatic rings. The summed E-state index contributed by atoms with van der Waals surface area (Å²) >= 11 is 6.16. The topological polar surface area (TPSA) is 67.1 Å². The number of fused-ring (bicyclic) bond motifs is 2. The number of carboxylic acid groups (broad SMARTS) is 1. The van der Waals surface area contributed by atoms with Crippen LogP contribution >= 0.6 is 11.6 Å². The molecule has 4 heterocycles. The molecule has 4 rings (SSSR count). The molecule has 3 atom stereocenters. The first kappa shape index (κ1) is 12.9. The minimum Gasteiger partial charge on any atom is -0.465 e. The summed E-state index contributed by atoms with van der Waals surface area (Å²) in [6.45, 7) is 1.09. The predicted octanol–water partition coefficient (Wildman–Crippen LogP) is 2.43. The maximum Gasteiger partial charge on any atom is 0.408 e. The highest BCUT2D eigenvalue weighted by Crippen LogP contribution is 2.42. The number of ether oxygens (including phenoxy) is 1. The molecule has 2 aliphatic heterocycles. The van der Waals surface area contributed by atoms with Crippen LogP contribution in [-0.4, -0.2) is 44.7 Å². The van der Waals surface area contributed by atoms with Crippen molar-refractivity contribution in [2.24, 2.45) is 5.92 Å². The van der Waals surface area contributed by atoms with Gasteiger partial charge >= 0.3 is 6.09 Å². The van der Waals surface area contributed by atoms with Crippen LogP contribution in [0.1, 0.15) is 18.3 Å². The maximum absolute atomic E-state index is 11.7. The number of halogens is 1. The van der Waals surface area contributed by atoms with Crippen molar-refractivity contribution >= 4 is 23.2 Å². The van der Waals surface area contributed by atoms with Gasteiger partial charge in [0.05, 0.1) is 42.0 Å². The number of hydrogen-bond acceptors (Lipinski definition) is 3. The summed E-state index contributed by atoms with van der Waals surface area (Å²) in [4.78, 5) is 17.6. The van der Waals surface area contributed by atoms with Gasteiger partial charge in [-0.3, -0.25) is 4.90 Å². The van der Waals surface area contributed by atoms with Gasteiger partial charge < -0.3 is 14.2 Å². The predicted molar refractivity (Wildman–Crippen MR) is 75.5 cm³/mol. The van der Waals surface area contributed by atoms with Gasteiger partial charge in [-0.2, -0.15) is 0 Å². The van der Waals surface area contributed by atoms with Crippen molar-refractivity contribution in [1.82, 2.24) is 14.3 Å². The lowest BCUT2D eigenvalue weighted by Crippen LogP contribution is -2.39. The van der Waals surface area contributed by atoms with Crippen LogP contribution in [0.2, 0.25) is 5.02 Å². The van der Waals surface area contributed by atoms with Gasteiger partial charge in [0.2, 0.25) is 0 Å². The van der Waals surface area contributed by atoms with Crippen molar-refractivity contribution in [3.8, 4) is 0 Å². The smallest absolute Gasteiger partial charge is 0.408 e. The molecule has 0 unspecified atom stereocenters. The van der Waals surface area contributed by atoms with Crippen LogP contribution in [0.25, 0.3) is 5.52 Å². The standard InChI is InChI=1S/C14H14ClN3O3/c15-9-2-1-3-17-11(9)5-16-13(17)10-4-8-6-21-7-12(8)18(10)14(19)20/h1-3,5,8,10,12H,4,6-7H2,(H,19,20)/t8-,10-,12+/m0/s1. The highest BCUT2D eigenvalue weighted by atomic mass is 35.5. The summed E-state index contributed by atoms with van der Waals surface area (Å²) < 4.78 is 7.29. The second kappa shape index (κ2) is 4.61. The first-order chi connectivity index (χ1) is 10.2. The molecule has 6 nitrogen and oxygen atoms in total. The highest BCUT2D eigenvalue weighted by molar-refractivity contribution is 6.33. The molecule has 2 saturated heterocycles. The van der Waals surface area contributed by atoms with Gasteiger partial charge in [-0.05, 0) is 18.6 Å².